The molecule has 0 saturated carbocycles. The van der Waals surface area contributed by atoms with Gasteiger partial charge in [0.15, 0.2) is 0 Å². The van der Waals surface area contributed by atoms with E-state index >= 15 is 0 Å². The number of nitrogens with one attached hydrogen (secondary N) is 2. The average Bonchev–Trinajstić information content (AvgIpc) is 2.96. The first kappa shape index (κ1) is 19.7. The number of carbonyl (C=O) groups is 2. The molecule has 0 radical (unpaired) electrons. The van der Waals surface area contributed by atoms with E-state index in [4.69, 9.17) is 0 Å². The standard InChI is InChI=1S/C19H17F4N3O2/c1-11-2-5-14(6-3-11)26-10-13(9-17(26)27)25-18(28)24-12-4-7-16(20)15(8-12)19(21,22)23/h2-8,13H,9-10H2,1H3,(H2,24,25,28). The number of rotatable bonds is 3. The Balaban J connectivity index is 1.63. The van der Waals surface area contributed by atoms with Crippen LogP contribution in [0, 0.1) is 12.7 Å². The van der Waals surface area contributed by atoms with Crippen molar-refractivity contribution >= 4 is 23.3 Å². The Hall–Kier alpha value is -3.10. The van der Waals surface area contributed by atoms with Gasteiger partial charge < -0.3 is 15.5 Å². The molecule has 1 saturated heterocycles. The molecule has 0 bridgehead atoms. The van der Waals surface area contributed by atoms with Crippen molar-refractivity contribution < 1.29 is 27.2 Å². The molecular formula is C19H17F4N3O2. The Labute approximate surface area is 158 Å². The molecule has 1 unspecified atom stereocenters. The van der Waals surface area contributed by atoms with Crippen molar-refractivity contribution in [3.63, 3.8) is 0 Å². The van der Waals surface area contributed by atoms with Crippen molar-refractivity contribution in [2.45, 2.75) is 25.6 Å². The third kappa shape index (κ3) is 4.41. The van der Waals surface area contributed by atoms with Crippen molar-refractivity contribution in [2.75, 3.05) is 16.8 Å². The molecule has 2 aromatic carbocycles. The summed E-state index contributed by atoms with van der Waals surface area (Å²) in [6.07, 6.45) is -4.80. The summed E-state index contributed by atoms with van der Waals surface area (Å²) in [4.78, 5) is 25.8. The van der Waals surface area contributed by atoms with Crippen molar-refractivity contribution in [3.05, 3.63) is 59.4 Å². The highest BCUT2D eigenvalue weighted by atomic mass is 19.4. The number of aryl methyl sites for hydroxylation is 1. The highest BCUT2D eigenvalue weighted by Gasteiger charge is 2.35. The normalized spacial score (nSPS) is 17.0. The summed E-state index contributed by atoms with van der Waals surface area (Å²) in [6.45, 7) is 2.16. The van der Waals surface area contributed by atoms with Gasteiger partial charge in [-0.3, -0.25) is 4.79 Å². The maximum atomic E-state index is 13.3. The lowest BCUT2D eigenvalue weighted by atomic mass is 10.2. The van der Waals surface area contributed by atoms with Crippen LogP contribution in [0.25, 0.3) is 0 Å². The molecule has 1 atom stereocenters. The minimum Gasteiger partial charge on any atom is -0.333 e. The van der Waals surface area contributed by atoms with Gasteiger partial charge in [0, 0.05) is 24.3 Å². The summed E-state index contributed by atoms with van der Waals surface area (Å²) >= 11 is 0. The first-order valence-corrected chi connectivity index (χ1v) is 8.45. The molecule has 28 heavy (non-hydrogen) atoms. The van der Waals surface area contributed by atoms with Crippen LogP contribution >= 0.6 is 0 Å². The lowest BCUT2D eigenvalue weighted by molar-refractivity contribution is -0.139. The molecule has 1 heterocycles. The van der Waals surface area contributed by atoms with E-state index in [0.29, 0.717) is 17.8 Å². The van der Waals surface area contributed by atoms with Gasteiger partial charge in [0.2, 0.25) is 5.91 Å². The zero-order valence-corrected chi connectivity index (χ0v) is 14.8. The smallest absolute Gasteiger partial charge is 0.333 e. The van der Waals surface area contributed by atoms with Gasteiger partial charge in [0.25, 0.3) is 0 Å². The second kappa shape index (κ2) is 7.49. The molecule has 9 heteroatoms. The molecule has 2 aromatic rings. The van der Waals surface area contributed by atoms with Gasteiger partial charge in [-0.2, -0.15) is 13.2 Å². The van der Waals surface area contributed by atoms with Crippen LogP contribution in [0.5, 0.6) is 0 Å². The SMILES string of the molecule is Cc1ccc(N2CC(NC(=O)Nc3ccc(F)c(C(F)(F)F)c3)CC2=O)cc1. The largest absolute Gasteiger partial charge is 0.419 e. The van der Waals surface area contributed by atoms with E-state index < -0.39 is 29.6 Å². The maximum absolute atomic E-state index is 13.3. The fourth-order valence-electron chi connectivity index (χ4n) is 2.95. The first-order valence-electron chi connectivity index (χ1n) is 8.45. The van der Waals surface area contributed by atoms with Crippen LogP contribution in [0.4, 0.5) is 33.7 Å². The van der Waals surface area contributed by atoms with Crippen LogP contribution in [-0.4, -0.2) is 24.5 Å². The summed E-state index contributed by atoms with van der Waals surface area (Å²) in [6, 6.07) is 8.23. The minimum atomic E-state index is -4.87. The fourth-order valence-corrected chi connectivity index (χ4v) is 2.95. The van der Waals surface area contributed by atoms with Crippen LogP contribution in [-0.2, 0) is 11.0 Å². The Bertz CT molecular complexity index is 897. The number of hydrogen-bond acceptors (Lipinski definition) is 2. The maximum Gasteiger partial charge on any atom is 0.419 e. The summed E-state index contributed by atoms with van der Waals surface area (Å²) in [5, 5.41) is 4.79. The van der Waals surface area contributed by atoms with E-state index in [1.165, 1.54) is 4.90 Å². The van der Waals surface area contributed by atoms with E-state index in [1.807, 2.05) is 19.1 Å². The highest BCUT2D eigenvalue weighted by molar-refractivity contribution is 5.97. The predicted molar refractivity (Wildman–Crippen MR) is 95.5 cm³/mol. The summed E-state index contributed by atoms with van der Waals surface area (Å²) in [5.41, 5.74) is 0.0773. The van der Waals surface area contributed by atoms with Gasteiger partial charge in [-0.25, -0.2) is 9.18 Å². The molecule has 0 aromatic heterocycles. The van der Waals surface area contributed by atoms with E-state index in [-0.39, 0.29) is 24.6 Å². The van der Waals surface area contributed by atoms with Gasteiger partial charge in [-0.1, -0.05) is 17.7 Å². The van der Waals surface area contributed by atoms with Crippen LogP contribution < -0.4 is 15.5 Å². The average molecular weight is 395 g/mol. The number of amides is 3. The van der Waals surface area contributed by atoms with Gasteiger partial charge >= 0.3 is 12.2 Å². The summed E-state index contributed by atoms with van der Waals surface area (Å²) < 4.78 is 51.6. The van der Waals surface area contributed by atoms with E-state index in [2.05, 4.69) is 10.6 Å². The van der Waals surface area contributed by atoms with E-state index in [1.54, 1.807) is 12.1 Å². The predicted octanol–water partition coefficient (Wildman–Crippen LogP) is 4.08. The van der Waals surface area contributed by atoms with Crippen LogP contribution in [0.3, 0.4) is 0 Å². The molecule has 1 aliphatic rings. The monoisotopic (exact) mass is 395 g/mol. The second-order valence-electron chi connectivity index (χ2n) is 6.53. The molecule has 5 nitrogen and oxygen atoms in total. The molecule has 1 aliphatic heterocycles. The van der Waals surface area contributed by atoms with Gasteiger partial charge in [0.1, 0.15) is 5.82 Å². The van der Waals surface area contributed by atoms with Crippen molar-refractivity contribution in [2.24, 2.45) is 0 Å². The van der Waals surface area contributed by atoms with Crippen molar-refractivity contribution in [1.29, 1.82) is 0 Å². The molecule has 3 rings (SSSR count). The number of benzene rings is 2. The van der Waals surface area contributed by atoms with E-state index in [0.717, 1.165) is 11.6 Å². The Morgan fingerprint density at radius 1 is 1.14 bits per heavy atom. The second-order valence-corrected chi connectivity index (χ2v) is 6.53. The Morgan fingerprint density at radius 3 is 2.46 bits per heavy atom. The summed E-state index contributed by atoms with van der Waals surface area (Å²) in [7, 11) is 0. The molecule has 148 valence electrons. The zero-order valence-electron chi connectivity index (χ0n) is 14.8. The van der Waals surface area contributed by atoms with Gasteiger partial charge in [-0.05, 0) is 37.3 Å². The van der Waals surface area contributed by atoms with Crippen molar-refractivity contribution in [1.82, 2.24) is 5.32 Å². The number of nitrogens with zero attached hydrogens (tertiary/aromatic N) is 1. The molecule has 1 fully saturated rings. The number of hydrogen-bond donors (Lipinski definition) is 2. The Morgan fingerprint density at radius 2 is 1.82 bits per heavy atom. The lowest BCUT2D eigenvalue weighted by Crippen LogP contribution is -2.39. The quantitative estimate of drug-likeness (QED) is 0.770. The third-order valence-electron chi connectivity index (χ3n) is 4.34. The van der Waals surface area contributed by atoms with Crippen LogP contribution in [0.15, 0.2) is 42.5 Å². The third-order valence-corrected chi connectivity index (χ3v) is 4.34. The first-order chi connectivity index (χ1) is 13.1. The molecule has 0 spiro atoms. The van der Waals surface area contributed by atoms with Crippen molar-refractivity contribution in [3.8, 4) is 0 Å². The number of alkyl halides is 3. The number of carbonyl (C=O) groups excluding carboxylic acids is 2. The fraction of sp³-hybridized carbons (Fsp3) is 0.263. The lowest BCUT2D eigenvalue weighted by Gasteiger charge is -2.18. The van der Waals surface area contributed by atoms with Crippen LogP contribution in [0.1, 0.15) is 17.5 Å². The number of anilines is 2. The minimum absolute atomic E-state index is 0.0680. The molecule has 3 amide bonds. The topological polar surface area (TPSA) is 61.4 Å². The number of urea groups is 1. The molecular weight excluding hydrogens is 378 g/mol. The van der Waals surface area contributed by atoms with E-state index in [9.17, 15) is 27.2 Å². The van der Waals surface area contributed by atoms with Crippen LogP contribution in [0.2, 0.25) is 0 Å². The zero-order chi connectivity index (χ0) is 20.5. The highest BCUT2D eigenvalue weighted by Crippen LogP contribution is 2.33. The number of halogens is 4. The molecule has 0 aliphatic carbocycles. The van der Waals surface area contributed by atoms with Gasteiger partial charge in [0.05, 0.1) is 11.6 Å². The molecule has 2 N–H and O–H groups in total. The Kier molecular flexibility index (Phi) is 5.26. The van der Waals surface area contributed by atoms with Gasteiger partial charge in [-0.15, -0.1) is 0 Å². The summed E-state index contributed by atoms with van der Waals surface area (Å²) in [5.74, 6) is -1.59.